The van der Waals surface area contributed by atoms with Gasteiger partial charge in [-0.1, -0.05) is 23.7 Å². The van der Waals surface area contributed by atoms with Crippen LogP contribution in [0.2, 0.25) is 5.02 Å². The third-order valence-corrected chi connectivity index (χ3v) is 2.73. The van der Waals surface area contributed by atoms with Crippen molar-refractivity contribution in [2.75, 3.05) is 19.7 Å². The van der Waals surface area contributed by atoms with Crippen LogP contribution in [-0.4, -0.2) is 30.9 Å². The van der Waals surface area contributed by atoms with Crippen molar-refractivity contribution in [3.8, 4) is 0 Å². The largest absolute Gasteiger partial charge is 0.386 e. The lowest BCUT2D eigenvalue weighted by atomic mass is 10.0. The normalized spacial score (nSPS) is 23.7. The number of halogens is 1. The van der Waals surface area contributed by atoms with Crippen molar-refractivity contribution < 1.29 is 9.84 Å². The first-order valence-corrected chi connectivity index (χ1v) is 5.41. The summed E-state index contributed by atoms with van der Waals surface area (Å²) in [6.07, 6.45) is -0.797. The van der Waals surface area contributed by atoms with Crippen LogP contribution in [-0.2, 0) is 4.74 Å². The van der Waals surface area contributed by atoms with E-state index in [1.165, 1.54) is 0 Å². The van der Waals surface area contributed by atoms with Gasteiger partial charge in [-0.15, -0.1) is 0 Å². The maximum atomic E-state index is 10.0. The van der Waals surface area contributed by atoms with Crippen LogP contribution in [0.5, 0.6) is 0 Å². The van der Waals surface area contributed by atoms with Gasteiger partial charge in [0.15, 0.2) is 0 Å². The van der Waals surface area contributed by atoms with Crippen LogP contribution in [0.25, 0.3) is 0 Å². The minimum Gasteiger partial charge on any atom is -0.386 e. The summed E-state index contributed by atoms with van der Waals surface area (Å²) in [4.78, 5) is 0. The number of nitrogens with one attached hydrogen (secondary N) is 1. The maximum absolute atomic E-state index is 10.0. The van der Waals surface area contributed by atoms with Crippen LogP contribution in [0.1, 0.15) is 11.7 Å². The summed E-state index contributed by atoms with van der Waals surface area (Å²) in [5.74, 6) is 0. The van der Waals surface area contributed by atoms with E-state index in [1.807, 2.05) is 12.1 Å². The molecule has 0 radical (unpaired) electrons. The molecule has 1 saturated heterocycles. The van der Waals surface area contributed by atoms with Gasteiger partial charge < -0.3 is 15.2 Å². The number of aliphatic hydroxyl groups is 1. The number of ether oxygens (including phenoxy) is 1. The molecule has 2 N–H and O–H groups in total. The monoisotopic (exact) mass is 227 g/mol. The number of hydrogen-bond donors (Lipinski definition) is 2. The molecular formula is C11H14ClNO2. The lowest BCUT2D eigenvalue weighted by molar-refractivity contribution is -0.0536. The number of rotatable bonds is 2. The van der Waals surface area contributed by atoms with E-state index >= 15 is 0 Å². The first-order valence-electron chi connectivity index (χ1n) is 5.03. The predicted octanol–water partition coefficient (Wildman–Crippen LogP) is 1.36. The molecule has 82 valence electrons. The number of morpholine rings is 1. The van der Waals surface area contributed by atoms with E-state index in [0.29, 0.717) is 18.2 Å². The van der Waals surface area contributed by atoms with Crippen LogP contribution in [0.15, 0.2) is 24.3 Å². The Morgan fingerprint density at radius 3 is 3.07 bits per heavy atom. The van der Waals surface area contributed by atoms with Crippen LogP contribution in [0.3, 0.4) is 0 Å². The molecule has 0 aliphatic carbocycles. The van der Waals surface area contributed by atoms with Crippen molar-refractivity contribution in [1.29, 1.82) is 0 Å². The second-order valence-electron chi connectivity index (χ2n) is 3.61. The molecule has 0 saturated carbocycles. The van der Waals surface area contributed by atoms with Gasteiger partial charge in [0, 0.05) is 18.1 Å². The molecule has 3 nitrogen and oxygen atoms in total. The second kappa shape index (κ2) is 4.94. The number of hydrogen-bond acceptors (Lipinski definition) is 3. The second-order valence-corrected chi connectivity index (χ2v) is 4.05. The summed E-state index contributed by atoms with van der Waals surface area (Å²) < 4.78 is 5.48. The van der Waals surface area contributed by atoms with E-state index in [9.17, 15) is 5.11 Å². The van der Waals surface area contributed by atoms with E-state index in [1.54, 1.807) is 12.1 Å². The molecule has 2 atom stereocenters. The molecule has 0 spiro atoms. The molecule has 0 bridgehead atoms. The molecule has 1 aliphatic heterocycles. The topological polar surface area (TPSA) is 41.5 Å². The first-order chi connectivity index (χ1) is 7.27. The van der Waals surface area contributed by atoms with Gasteiger partial charge in [-0.05, 0) is 17.7 Å². The van der Waals surface area contributed by atoms with Crippen molar-refractivity contribution in [1.82, 2.24) is 5.32 Å². The zero-order valence-electron chi connectivity index (χ0n) is 8.32. The van der Waals surface area contributed by atoms with Crippen molar-refractivity contribution in [2.45, 2.75) is 12.2 Å². The van der Waals surface area contributed by atoms with E-state index in [2.05, 4.69) is 5.32 Å². The molecule has 1 aromatic rings. The Kier molecular flexibility index (Phi) is 3.59. The van der Waals surface area contributed by atoms with E-state index in [4.69, 9.17) is 16.3 Å². The highest BCUT2D eigenvalue weighted by molar-refractivity contribution is 6.30. The van der Waals surface area contributed by atoms with Crippen molar-refractivity contribution >= 4 is 11.6 Å². The van der Waals surface area contributed by atoms with Crippen molar-refractivity contribution in [3.05, 3.63) is 34.9 Å². The van der Waals surface area contributed by atoms with Gasteiger partial charge in [-0.2, -0.15) is 0 Å². The van der Waals surface area contributed by atoms with Crippen LogP contribution < -0.4 is 5.32 Å². The molecule has 2 rings (SSSR count). The smallest absolute Gasteiger partial charge is 0.106 e. The highest BCUT2D eigenvalue weighted by atomic mass is 35.5. The average Bonchev–Trinajstić information content (AvgIpc) is 2.29. The minimum absolute atomic E-state index is 0.183. The molecule has 1 aromatic carbocycles. The number of benzene rings is 1. The van der Waals surface area contributed by atoms with Crippen LogP contribution in [0, 0.1) is 0 Å². The highest BCUT2D eigenvalue weighted by Crippen LogP contribution is 2.22. The minimum atomic E-state index is -0.614. The van der Waals surface area contributed by atoms with Gasteiger partial charge in [-0.3, -0.25) is 0 Å². The third kappa shape index (κ3) is 2.69. The lowest BCUT2D eigenvalue weighted by Crippen LogP contribution is -2.41. The first kappa shape index (κ1) is 10.9. The van der Waals surface area contributed by atoms with E-state index in [-0.39, 0.29) is 6.10 Å². The Labute approximate surface area is 94.0 Å². The van der Waals surface area contributed by atoms with Crippen LogP contribution in [0.4, 0.5) is 0 Å². The van der Waals surface area contributed by atoms with Gasteiger partial charge in [0.05, 0.1) is 12.7 Å². The van der Waals surface area contributed by atoms with Gasteiger partial charge in [0.2, 0.25) is 0 Å². The molecule has 4 heteroatoms. The highest BCUT2D eigenvalue weighted by Gasteiger charge is 2.23. The predicted molar refractivity (Wildman–Crippen MR) is 59.0 cm³/mol. The quantitative estimate of drug-likeness (QED) is 0.802. The Morgan fingerprint density at radius 2 is 2.40 bits per heavy atom. The SMILES string of the molecule is OC(c1cccc(Cl)c1)C1CNCCO1. The Bertz CT molecular complexity index is 326. The lowest BCUT2D eigenvalue weighted by Gasteiger charge is -2.28. The fraction of sp³-hybridized carbons (Fsp3) is 0.455. The van der Waals surface area contributed by atoms with E-state index < -0.39 is 6.10 Å². The van der Waals surface area contributed by atoms with Gasteiger partial charge in [-0.25, -0.2) is 0 Å². The Balaban J connectivity index is 2.08. The summed E-state index contributed by atoms with van der Waals surface area (Å²) in [6.45, 7) is 2.16. The van der Waals surface area contributed by atoms with Gasteiger partial charge >= 0.3 is 0 Å². The molecule has 15 heavy (non-hydrogen) atoms. The van der Waals surface area contributed by atoms with Crippen LogP contribution >= 0.6 is 11.6 Å². The van der Waals surface area contributed by atoms with Gasteiger partial charge in [0.25, 0.3) is 0 Å². The third-order valence-electron chi connectivity index (χ3n) is 2.50. The van der Waals surface area contributed by atoms with Crippen molar-refractivity contribution in [2.24, 2.45) is 0 Å². The van der Waals surface area contributed by atoms with Crippen molar-refractivity contribution in [3.63, 3.8) is 0 Å². The Morgan fingerprint density at radius 1 is 1.53 bits per heavy atom. The zero-order chi connectivity index (χ0) is 10.7. The molecule has 0 aromatic heterocycles. The zero-order valence-corrected chi connectivity index (χ0v) is 9.07. The molecular weight excluding hydrogens is 214 g/mol. The molecule has 0 amide bonds. The number of aliphatic hydroxyl groups excluding tert-OH is 1. The fourth-order valence-corrected chi connectivity index (χ4v) is 1.89. The molecule has 2 unspecified atom stereocenters. The molecule has 1 aliphatic rings. The van der Waals surface area contributed by atoms with E-state index in [0.717, 1.165) is 12.1 Å². The fourth-order valence-electron chi connectivity index (χ4n) is 1.69. The average molecular weight is 228 g/mol. The summed E-state index contributed by atoms with van der Waals surface area (Å²) in [6, 6.07) is 7.24. The Hall–Kier alpha value is -0.610. The summed E-state index contributed by atoms with van der Waals surface area (Å²) in [5, 5.41) is 13.9. The summed E-state index contributed by atoms with van der Waals surface area (Å²) in [7, 11) is 0. The standard InChI is InChI=1S/C11H14ClNO2/c12-9-3-1-2-8(6-9)11(14)10-7-13-4-5-15-10/h1-3,6,10-11,13-14H,4-5,7H2. The van der Waals surface area contributed by atoms with Gasteiger partial charge in [0.1, 0.15) is 6.10 Å². The molecule has 1 fully saturated rings. The summed E-state index contributed by atoms with van der Waals surface area (Å²) in [5.41, 5.74) is 0.802. The maximum Gasteiger partial charge on any atom is 0.106 e. The summed E-state index contributed by atoms with van der Waals surface area (Å²) >= 11 is 5.86. The molecule has 1 heterocycles.